The van der Waals surface area contributed by atoms with Crippen molar-refractivity contribution in [1.82, 2.24) is 15.0 Å². The molecule has 2 N–H and O–H groups in total. The maximum atomic E-state index is 4.51. The van der Waals surface area contributed by atoms with E-state index in [4.69, 9.17) is 0 Å². The molecule has 0 aromatic carbocycles. The third-order valence-electron chi connectivity index (χ3n) is 2.85. The highest BCUT2D eigenvalue weighted by atomic mass is 32.1. The molecule has 0 saturated heterocycles. The molecule has 20 heavy (non-hydrogen) atoms. The maximum Gasteiger partial charge on any atom is 0.225 e. The fraction of sp³-hybridized carbons (Fsp3) is 0.308. The lowest BCUT2D eigenvalue weighted by molar-refractivity contribution is 0.988. The first kappa shape index (κ1) is 13.3. The van der Waals surface area contributed by atoms with Crippen LogP contribution >= 0.6 is 22.7 Å². The molecule has 104 valence electrons. The molecule has 0 atom stereocenters. The van der Waals surface area contributed by atoms with Crippen LogP contribution in [-0.4, -0.2) is 28.5 Å². The first-order valence-corrected chi connectivity index (χ1v) is 8.04. The van der Waals surface area contributed by atoms with Gasteiger partial charge in [0.1, 0.15) is 10.6 Å². The molecule has 3 heterocycles. The summed E-state index contributed by atoms with van der Waals surface area (Å²) in [5, 5.41) is 10.6. The summed E-state index contributed by atoms with van der Waals surface area (Å²) in [6, 6.07) is 2.13. The van der Waals surface area contributed by atoms with Gasteiger partial charge in [-0.3, -0.25) is 0 Å². The molecule has 5 nitrogen and oxygen atoms in total. The highest BCUT2D eigenvalue weighted by Crippen LogP contribution is 2.29. The topological polar surface area (TPSA) is 62.7 Å². The van der Waals surface area contributed by atoms with Gasteiger partial charge in [0.25, 0.3) is 0 Å². The summed E-state index contributed by atoms with van der Waals surface area (Å²) < 4.78 is 0. The van der Waals surface area contributed by atoms with Gasteiger partial charge in [-0.1, -0.05) is 0 Å². The van der Waals surface area contributed by atoms with Crippen molar-refractivity contribution >= 4 is 44.7 Å². The number of aromatic nitrogens is 3. The van der Waals surface area contributed by atoms with Crippen molar-refractivity contribution in [3.8, 4) is 0 Å². The fourth-order valence-electron chi connectivity index (χ4n) is 1.95. The molecule has 7 heteroatoms. The van der Waals surface area contributed by atoms with E-state index in [1.807, 2.05) is 18.6 Å². The summed E-state index contributed by atoms with van der Waals surface area (Å²) in [5.41, 5.74) is 0. The molecule has 0 aliphatic carbocycles. The molecule has 0 fully saturated rings. The second kappa shape index (κ2) is 5.72. The molecular formula is C13H15N5S2. The number of hydrogen-bond donors (Lipinski definition) is 2. The van der Waals surface area contributed by atoms with E-state index in [1.165, 1.54) is 4.88 Å². The first-order valence-electron chi connectivity index (χ1n) is 6.34. The summed E-state index contributed by atoms with van der Waals surface area (Å²) in [4.78, 5) is 15.5. The summed E-state index contributed by atoms with van der Waals surface area (Å²) in [6.45, 7) is 2.91. The Morgan fingerprint density at radius 3 is 2.95 bits per heavy atom. The Labute approximate surface area is 125 Å². The average Bonchev–Trinajstić information content (AvgIpc) is 3.06. The summed E-state index contributed by atoms with van der Waals surface area (Å²) in [6.07, 6.45) is 2.74. The van der Waals surface area contributed by atoms with Crippen LogP contribution in [0.3, 0.4) is 0 Å². The molecule has 0 radical (unpaired) electrons. The minimum Gasteiger partial charge on any atom is -0.369 e. The molecule has 0 bridgehead atoms. The predicted molar refractivity (Wildman–Crippen MR) is 86.0 cm³/mol. The number of nitrogens with zero attached hydrogens (tertiary/aromatic N) is 3. The Balaban J connectivity index is 1.81. The molecule has 0 saturated carbocycles. The van der Waals surface area contributed by atoms with Gasteiger partial charge in [0.15, 0.2) is 0 Å². The van der Waals surface area contributed by atoms with Crippen LogP contribution in [0.25, 0.3) is 10.2 Å². The minimum atomic E-state index is 0.649. The summed E-state index contributed by atoms with van der Waals surface area (Å²) in [5.74, 6) is 1.54. The van der Waals surface area contributed by atoms with Crippen molar-refractivity contribution in [2.24, 2.45) is 0 Å². The predicted octanol–water partition coefficient (Wildman–Crippen LogP) is 3.15. The normalized spacial score (nSPS) is 10.9. The zero-order valence-corrected chi connectivity index (χ0v) is 12.9. The van der Waals surface area contributed by atoms with Gasteiger partial charge < -0.3 is 10.6 Å². The third-order valence-corrected chi connectivity index (χ3v) is 4.64. The molecular weight excluding hydrogens is 290 g/mol. The lowest BCUT2D eigenvalue weighted by Crippen LogP contribution is -2.08. The summed E-state index contributed by atoms with van der Waals surface area (Å²) >= 11 is 3.36. The van der Waals surface area contributed by atoms with Crippen LogP contribution in [0.15, 0.2) is 17.6 Å². The number of thiophene rings is 1. The molecule has 0 aliphatic rings. The van der Waals surface area contributed by atoms with Crippen LogP contribution in [0.1, 0.15) is 9.88 Å². The zero-order chi connectivity index (χ0) is 13.9. The van der Waals surface area contributed by atoms with E-state index in [2.05, 4.69) is 38.6 Å². The van der Waals surface area contributed by atoms with Crippen molar-refractivity contribution < 1.29 is 0 Å². The van der Waals surface area contributed by atoms with E-state index in [1.54, 1.807) is 22.7 Å². The van der Waals surface area contributed by atoms with Crippen molar-refractivity contribution in [2.45, 2.75) is 13.3 Å². The molecule has 0 spiro atoms. The quantitative estimate of drug-likeness (QED) is 0.758. The van der Waals surface area contributed by atoms with Crippen LogP contribution < -0.4 is 10.6 Å². The van der Waals surface area contributed by atoms with Crippen LogP contribution in [-0.2, 0) is 6.42 Å². The molecule has 0 amide bonds. The lowest BCUT2D eigenvalue weighted by atomic mass is 10.3. The van der Waals surface area contributed by atoms with E-state index in [0.29, 0.717) is 5.95 Å². The van der Waals surface area contributed by atoms with Gasteiger partial charge in [0.05, 0.1) is 10.4 Å². The number of anilines is 2. The van der Waals surface area contributed by atoms with Gasteiger partial charge in [0.2, 0.25) is 5.95 Å². The van der Waals surface area contributed by atoms with Crippen molar-refractivity contribution in [2.75, 3.05) is 24.2 Å². The second-order valence-corrected chi connectivity index (χ2v) is 6.54. The highest BCUT2D eigenvalue weighted by Gasteiger charge is 2.09. The molecule has 3 rings (SSSR count). The van der Waals surface area contributed by atoms with E-state index < -0.39 is 0 Å². The van der Waals surface area contributed by atoms with E-state index in [9.17, 15) is 0 Å². The number of rotatable bonds is 5. The lowest BCUT2D eigenvalue weighted by Gasteiger charge is -2.07. The molecule has 0 aliphatic heterocycles. The highest BCUT2D eigenvalue weighted by molar-refractivity contribution is 7.18. The van der Waals surface area contributed by atoms with Crippen LogP contribution in [0.4, 0.5) is 11.8 Å². The van der Waals surface area contributed by atoms with Crippen molar-refractivity contribution in [3.05, 3.63) is 27.5 Å². The standard InChI is InChI=1S/C13H15N5S2/c1-8-7-9-11(16-4-3-10-15-5-6-19-10)17-13(14-2)18-12(9)20-8/h5-7H,3-4H2,1-2H3,(H2,14,16,17,18). The molecule has 3 aromatic rings. The van der Waals surface area contributed by atoms with Crippen molar-refractivity contribution in [3.63, 3.8) is 0 Å². The third kappa shape index (κ3) is 2.73. The Bertz CT molecular complexity index is 705. The molecule has 3 aromatic heterocycles. The van der Waals surface area contributed by atoms with Crippen LogP contribution in [0, 0.1) is 6.92 Å². The largest absolute Gasteiger partial charge is 0.369 e. The van der Waals surface area contributed by atoms with Crippen molar-refractivity contribution in [1.29, 1.82) is 0 Å². The Hall–Kier alpha value is -1.73. The Morgan fingerprint density at radius 1 is 1.30 bits per heavy atom. The van der Waals surface area contributed by atoms with Gasteiger partial charge in [-0.2, -0.15) is 4.98 Å². The average molecular weight is 305 g/mol. The summed E-state index contributed by atoms with van der Waals surface area (Å²) in [7, 11) is 1.83. The van der Waals surface area contributed by atoms with Crippen LogP contribution in [0.5, 0.6) is 0 Å². The van der Waals surface area contributed by atoms with Gasteiger partial charge in [-0.05, 0) is 13.0 Å². The Morgan fingerprint density at radius 2 is 2.20 bits per heavy atom. The number of nitrogens with one attached hydrogen (secondary N) is 2. The monoisotopic (exact) mass is 305 g/mol. The van der Waals surface area contributed by atoms with Gasteiger partial charge in [-0.15, -0.1) is 22.7 Å². The number of aryl methyl sites for hydroxylation is 1. The Kier molecular flexibility index (Phi) is 3.79. The SMILES string of the molecule is CNc1nc(NCCc2nccs2)c2cc(C)sc2n1. The van der Waals surface area contributed by atoms with Gasteiger partial charge in [0, 0.05) is 36.5 Å². The fourth-order valence-corrected chi connectivity index (χ4v) is 3.45. The van der Waals surface area contributed by atoms with E-state index >= 15 is 0 Å². The maximum absolute atomic E-state index is 4.51. The molecule has 0 unspecified atom stereocenters. The first-order chi connectivity index (χ1) is 9.76. The smallest absolute Gasteiger partial charge is 0.225 e. The zero-order valence-electron chi connectivity index (χ0n) is 11.3. The van der Waals surface area contributed by atoms with E-state index in [0.717, 1.165) is 34.0 Å². The minimum absolute atomic E-state index is 0.649. The number of thiazole rings is 1. The van der Waals surface area contributed by atoms with Crippen LogP contribution in [0.2, 0.25) is 0 Å². The number of fused-ring (bicyclic) bond motifs is 1. The van der Waals surface area contributed by atoms with E-state index in [-0.39, 0.29) is 0 Å². The van der Waals surface area contributed by atoms with Gasteiger partial charge >= 0.3 is 0 Å². The second-order valence-electron chi connectivity index (χ2n) is 4.32. The number of hydrogen-bond acceptors (Lipinski definition) is 7. The van der Waals surface area contributed by atoms with Gasteiger partial charge in [-0.25, -0.2) is 9.97 Å².